The SMILES string of the molecule is CC(C)(O/N=C(\C(=O)N[C@@H]1C(=O)N2C(C(=O)O)=C(C[N+]3(C)[C@@H]4CC[C@H]3C[C@@H](NC(=O)c3ccc(O)c(O)c3Cl)C4)CS[C@H]12)c1nsc(N)n1)C(=O)O. The second-order valence-electron chi connectivity index (χ2n) is 13.7. The molecule has 4 aliphatic heterocycles. The van der Waals surface area contributed by atoms with Crippen LogP contribution < -0.4 is 16.4 Å². The van der Waals surface area contributed by atoms with Gasteiger partial charge < -0.3 is 46.1 Å². The van der Waals surface area contributed by atoms with Crippen molar-refractivity contribution in [3.05, 3.63) is 39.8 Å². The first-order valence-corrected chi connectivity index (χ1v) is 18.3. The Morgan fingerprint density at radius 1 is 1.15 bits per heavy atom. The number of nitrogens with zero attached hydrogens (tertiary/aromatic N) is 5. The number of quaternary nitrogens is 1. The van der Waals surface area contributed by atoms with Crippen molar-refractivity contribution in [3.8, 4) is 11.5 Å². The number of aromatic hydroxyl groups is 2. The van der Waals surface area contributed by atoms with E-state index in [1.807, 2.05) is 0 Å². The number of carbonyl (C=O) groups excluding carboxylic acids is 3. The van der Waals surface area contributed by atoms with Gasteiger partial charge in [0.1, 0.15) is 23.7 Å². The summed E-state index contributed by atoms with van der Waals surface area (Å²) >= 11 is 8.17. The predicted molar refractivity (Wildman–Crippen MR) is 186 cm³/mol. The summed E-state index contributed by atoms with van der Waals surface area (Å²) in [6, 6.07) is 1.35. The van der Waals surface area contributed by atoms with Gasteiger partial charge in [-0.15, -0.1) is 11.8 Å². The number of nitrogen functional groups attached to an aromatic ring is 1. The lowest BCUT2D eigenvalue weighted by Gasteiger charge is -2.52. The fourth-order valence-electron chi connectivity index (χ4n) is 7.25. The summed E-state index contributed by atoms with van der Waals surface area (Å²) in [5.74, 6) is -5.68. The Balaban J connectivity index is 1.16. The third-order valence-electron chi connectivity index (χ3n) is 10.1. The molecule has 6 rings (SSSR count). The van der Waals surface area contributed by atoms with Crippen molar-refractivity contribution >= 4 is 75.4 Å². The summed E-state index contributed by atoms with van der Waals surface area (Å²) in [7, 11) is 2.06. The number of likely N-dealkylation sites (N-methyl/N-ethyl adjacent to an activating group) is 1. The molecule has 6 atom stereocenters. The largest absolute Gasteiger partial charge is 0.504 e. The highest BCUT2D eigenvalue weighted by Gasteiger charge is 2.57. The minimum Gasteiger partial charge on any atom is -0.504 e. The second kappa shape index (κ2) is 13.7. The average Bonchev–Trinajstić information content (AvgIpc) is 3.54. The maximum atomic E-state index is 13.5. The van der Waals surface area contributed by atoms with Crippen LogP contribution in [0.4, 0.5) is 5.13 Å². The smallest absolute Gasteiger partial charge is 0.352 e. The lowest BCUT2D eigenvalue weighted by Crippen LogP contribution is -2.71. The molecular weight excluding hydrogens is 744 g/mol. The molecule has 2 bridgehead atoms. The normalized spacial score (nSPS) is 27.1. The Kier molecular flexibility index (Phi) is 9.79. The fourth-order valence-corrected chi connectivity index (χ4v) is 9.27. The highest BCUT2D eigenvalue weighted by Crippen LogP contribution is 2.46. The summed E-state index contributed by atoms with van der Waals surface area (Å²) in [6.45, 7) is 2.80. The molecule has 0 saturated carbocycles. The van der Waals surface area contributed by atoms with Gasteiger partial charge in [-0.05, 0) is 26.0 Å². The number of phenols is 2. The number of aromatic nitrogens is 2. The zero-order chi connectivity index (χ0) is 37.9. The van der Waals surface area contributed by atoms with Gasteiger partial charge in [0.25, 0.3) is 17.7 Å². The fraction of sp³-hybridized carbons (Fsp3) is 0.484. The summed E-state index contributed by atoms with van der Waals surface area (Å²) < 4.78 is 4.49. The van der Waals surface area contributed by atoms with Crippen LogP contribution in [0.3, 0.4) is 0 Å². The Labute approximate surface area is 309 Å². The van der Waals surface area contributed by atoms with E-state index < -0.39 is 63.9 Å². The zero-order valence-corrected chi connectivity index (χ0v) is 30.4. The summed E-state index contributed by atoms with van der Waals surface area (Å²) in [5, 5.41) is 47.7. The summed E-state index contributed by atoms with van der Waals surface area (Å²) in [4.78, 5) is 74.4. The molecule has 278 valence electrons. The number of fused-ring (bicyclic) bond motifs is 3. The number of carboxylic acid groups (broad SMARTS) is 2. The van der Waals surface area contributed by atoms with Crippen molar-refractivity contribution in [1.29, 1.82) is 0 Å². The van der Waals surface area contributed by atoms with Crippen molar-refractivity contribution in [2.75, 3.05) is 25.1 Å². The number of oxime groups is 1. The van der Waals surface area contributed by atoms with Gasteiger partial charge in [0.15, 0.2) is 16.6 Å². The number of carbonyl (C=O) groups is 5. The Morgan fingerprint density at radius 2 is 1.83 bits per heavy atom. The van der Waals surface area contributed by atoms with Gasteiger partial charge in [0.2, 0.25) is 17.1 Å². The standard InChI is InChI=1S/C31H35ClN8O10S2/c1-31(2,29(48)49)50-37-19(23-36-30(33)52-38-23)25(44)35-20-26(45)39-21(28(46)47)12(11-51-27(20)39)10-40(3)14-4-5-15(40)9-13(8-14)34-24(43)16-6-7-17(41)22(42)18(16)32/h6-7,13-15,20,27H,4-5,8-11H2,1-3H3,(H7-,33,34,35,36,37,38,41,42,43,44,46,47,48,49)/p+1/t13-,14+,15-,20-,27-,40?/m1/s1. The van der Waals surface area contributed by atoms with E-state index in [1.54, 1.807) is 0 Å². The molecule has 3 fully saturated rings. The van der Waals surface area contributed by atoms with Crippen LogP contribution in [-0.4, -0.2) is 129 Å². The molecule has 1 aromatic carbocycles. The number of benzene rings is 1. The number of nitrogens with one attached hydrogen (secondary N) is 2. The number of halogens is 1. The van der Waals surface area contributed by atoms with Crippen molar-refractivity contribution in [2.45, 2.75) is 74.7 Å². The predicted octanol–water partition coefficient (Wildman–Crippen LogP) is 1.08. The van der Waals surface area contributed by atoms with Crippen LogP contribution >= 0.6 is 34.9 Å². The number of rotatable bonds is 11. The van der Waals surface area contributed by atoms with E-state index in [4.69, 9.17) is 22.2 Å². The summed E-state index contributed by atoms with van der Waals surface area (Å²) in [5.41, 5.74) is 3.82. The van der Waals surface area contributed by atoms with E-state index in [0.29, 0.717) is 29.4 Å². The quantitative estimate of drug-likeness (QED) is 0.0553. The van der Waals surface area contributed by atoms with Crippen LogP contribution in [0.1, 0.15) is 55.7 Å². The van der Waals surface area contributed by atoms with Gasteiger partial charge in [-0.1, -0.05) is 16.8 Å². The maximum Gasteiger partial charge on any atom is 0.352 e. The second-order valence-corrected chi connectivity index (χ2v) is 16.0. The van der Waals surface area contributed by atoms with Gasteiger partial charge in [-0.2, -0.15) is 9.36 Å². The molecule has 0 radical (unpaired) electrons. The molecular formula is C31H36ClN8O10S2+. The number of nitrogens with two attached hydrogens (primary N) is 1. The van der Waals surface area contributed by atoms with E-state index in [9.17, 15) is 44.4 Å². The molecule has 0 aliphatic carbocycles. The van der Waals surface area contributed by atoms with Crippen molar-refractivity contribution in [3.63, 3.8) is 0 Å². The zero-order valence-electron chi connectivity index (χ0n) is 28.0. The number of anilines is 1. The van der Waals surface area contributed by atoms with Crippen LogP contribution in [0.2, 0.25) is 5.02 Å². The van der Waals surface area contributed by atoms with Gasteiger partial charge in [0, 0.05) is 54.6 Å². The molecule has 21 heteroatoms. The third-order valence-corrected chi connectivity index (χ3v) is 12.4. The van der Waals surface area contributed by atoms with Gasteiger partial charge in [0.05, 0.1) is 29.7 Å². The van der Waals surface area contributed by atoms with Crippen molar-refractivity contribution in [2.24, 2.45) is 5.16 Å². The number of thioether (sulfide) groups is 1. The number of hydrogen-bond acceptors (Lipinski definition) is 14. The van der Waals surface area contributed by atoms with E-state index in [2.05, 4.69) is 32.2 Å². The van der Waals surface area contributed by atoms with E-state index in [-0.39, 0.29) is 51.1 Å². The van der Waals surface area contributed by atoms with E-state index in [1.165, 1.54) is 42.6 Å². The number of hydrogen-bond donors (Lipinski definition) is 7. The van der Waals surface area contributed by atoms with Crippen LogP contribution in [0.15, 0.2) is 28.6 Å². The van der Waals surface area contributed by atoms with E-state index >= 15 is 0 Å². The number of amides is 3. The van der Waals surface area contributed by atoms with Crippen LogP contribution in [-0.2, 0) is 24.0 Å². The number of carboxylic acids is 2. The number of β-lactam (4-membered cyclic amide) rings is 1. The Hall–Kier alpha value is -4.66. The summed E-state index contributed by atoms with van der Waals surface area (Å²) in [6.07, 6.45) is 2.93. The lowest BCUT2D eigenvalue weighted by molar-refractivity contribution is -0.944. The monoisotopic (exact) mass is 779 g/mol. The topological polar surface area (TPSA) is 267 Å². The number of phenolic OH excluding ortho intramolecular Hbond substituents is 2. The van der Waals surface area contributed by atoms with Gasteiger partial charge in [-0.3, -0.25) is 19.3 Å². The number of piperidine rings is 1. The molecule has 5 heterocycles. The van der Waals surface area contributed by atoms with Crippen LogP contribution in [0.25, 0.3) is 0 Å². The molecule has 1 unspecified atom stereocenters. The molecule has 8 N–H and O–H groups in total. The van der Waals surface area contributed by atoms with E-state index in [0.717, 1.165) is 24.4 Å². The Bertz CT molecular complexity index is 1920. The first-order valence-electron chi connectivity index (χ1n) is 16.1. The van der Waals surface area contributed by atoms with Gasteiger partial charge in [-0.25, -0.2) is 9.59 Å². The van der Waals surface area contributed by atoms with Crippen molar-refractivity contribution < 1.29 is 53.7 Å². The first kappa shape index (κ1) is 37.1. The molecule has 0 spiro atoms. The van der Waals surface area contributed by atoms with Crippen molar-refractivity contribution in [1.82, 2.24) is 24.9 Å². The highest BCUT2D eigenvalue weighted by molar-refractivity contribution is 8.00. The average molecular weight is 780 g/mol. The lowest BCUT2D eigenvalue weighted by atomic mass is 9.92. The molecule has 3 saturated heterocycles. The molecule has 3 amide bonds. The maximum absolute atomic E-state index is 13.5. The van der Waals surface area contributed by atoms with Gasteiger partial charge >= 0.3 is 11.9 Å². The molecule has 18 nitrogen and oxygen atoms in total. The number of aliphatic carboxylic acids is 2. The van der Waals surface area contributed by atoms with Crippen LogP contribution in [0, 0.1) is 0 Å². The molecule has 1 aromatic heterocycles. The molecule has 4 aliphatic rings. The minimum atomic E-state index is -1.82. The van der Waals surface area contributed by atoms with Crippen LogP contribution in [0.5, 0.6) is 11.5 Å². The molecule has 2 aromatic rings. The highest BCUT2D eigenvalue weighted by atomic mass is 35.5. The first-order chi connectivity index (χ1) is 24.4. The third kappa shape index (κ3) is 6.59. The Morgan fingerprint density at radius 3 is 2.42 bits per heavy atom. The minimum absolute atomic E-state index is 0.00408. The molecule has 52 heavy (non-hydrogen) atoms.